The Balaban J connectivity index is 1.60. The first-order chi connectivity index (χ1) is 13.9. The van der Waals surface area contributed by atoms with E-state index >= 15 is 0 Å². The molecule has 1 aliphatic heterocycles. The molecule has 4 rings (SSSR count). The largest absolute Gasteiger partial charge is 0.496 e. The van der Waals surface area contributed by atoms with Gasteiger partial charge in [-0.3, -0.25) is 9.48 Å². The van der Waals surface area contributed by atoms with Crippen LogP contribution in [0.3, 0.4) is 0 Å². The fourth-order valence-electron chi connectivity index (χ4n) is 5.00. The number of nitrogens with zero attached hydrogens (tertiary/aromatic N) is 3. The molecule has 1 aromatic carbocycles. The molecule has 156 valence electrons. The summed E-state index contributed by atoms with van der Waals surface area (Å²) in [6.07, 6.45) is 3.43. The SMILES string of the molecule is COc1cccc([C@@H]2C[C@@H](O)CN2C(=O)Cn2nc3c(c2C)CCC[C@@H]3C)c1C. The van der Waals surface area contributed by atoms with Gasteiger partial charge in [0.2, 0.25) is 5.91 Å². The number of aromatic nitrogens is 2. The van der Waals surface area contributed by atoms with Crippen LogP contribution in [-0.2, 0) is 17.8 Å². The van der Waals surface area contributed by atoms with Gasteiger partial charge in [-0.25, -0.2) is 0 Å². The smallest absolute Gasteiger partial charge is 0.244 e. The number of β-amino-alcohol motifs (C(OH)–C–C–N with tert-alkyl or cyclic N) is 1. The van der Waals surface area contributed by atoms with Crippen molar-refractivity contribution in [2.24, 2.45) is 0 Å². The van der Waals surface area contributed by atoms with Gasteiger partial charge >= 0.3 is 0 Å². The zero-order chi connectivity index (χ0) is 20.7. The van der Waals surface area contributed by atoms with Crippen LogP contribution in [0, 0.1) is 13.8 Å². The van der Waals surface area contributed by atoms with Crippen LogP contribution in [0.4, 0.5) is 0 Å². The number of carbonyl (C=O) groups is 1. The summed E-state index contributed by atoms with van der Waals surface area (Å²) in [6.45, 7) is 6.87. The average molecular weight is 398 g/mol. The number of fused-ring (bicyclic) bond motifs is 1. The van der Waals surface area contributed by atoms with Crippen molar-refractivity contribution in [2.45, 2.75) is 71.1 Å². The van der Waals surface area contributed by atoms with Crippen molar-refractivity contribution >= 4 is 5.91 Å². The molecule has 1 fully saturated rings. The maximum Gasteiger partial charge on any atom is 0.244 e. The third kappa shape index (κ3) is 3.54. The van der Waals surface area contributed by atoms with Gasteiger partial charge in [-0.15, -0.1) is 0 Å². The number of hydrogen-bond acceptors (Lipinski definition) is 4. The zero-order valence-electron chi connectivity index (χ0n) is 17.8. The average Bonchev–Trinajstić information content (AvgIpc) is 3.24. The summed E-state index contributed by atoms with van der Waals surface area (Å²) < 4.78 is 7.33. The maximum absolute atomic E-state index is 13.3. The zero-order valence-corrected chi connectivity index (χ0v) is 17.8. The second kappa shape index (κ2) is 7.82. The summed E-state index contributed by atoms with van der Waals surface area (Å²) in [6, 6.07) is 5.76. The van der Waals surface area contributed by atoms with Gasteiger partial charge in [0.05, 0.1) is 24.9 Å². The lowest BCUT2D eigenvalue weighted by atomic mass is 9.88. The van der Waals surface area contributed by atoms with Crippen molar-refractivity contribution in [3.05, 3.63) is 46.3 Å². The highest BCUT2D eigenvalue weighted by molar-refractivity contribution is 5.77. The van der Waals surface area contributed by atoms with Crippen molar-refractivity contribution in [3.8, 4) is 5.75 Å². The molecule has 1 saturated heterocycles. The number of aliphatic hydroxyl groups is 1. The number of hydrogen-bond donors (Lipinski definition) is 1. The van der Waals surface area contributed by atoms with Gasteiger partial charge in [-0.1, -0.05) is 19.1 Å². The van der Waals surface area contributed by atoms with Crippen LogP contribution in [0.1, 0.15) is 66.2 Å². The van der Waals surface area contributed by atoms with Gasteiger partial charge < -0.3 is 14.7 Å². The molecule has 6 nitrogen and oxygen atoms in total. The Labute approximate surface area is 172 Å². The second-order valence-electron chi connectivity index (χ2n) is 8.53. The maximum atomic E-state index is 13.3. The van der Waals surface area contributed by atoms with Crippen molar-refractivity contribution < 1.29 is 14.6 Å². The lowest BCUT2D eigenvalue weighted by Gasteiger charge is -2.26. The van der Waals surface area contributed by atoms with Crippen LogP contribution in [0.2, 0.25) is 0 Å². The highest BCUT2D eigenvalue weighted by Crippen LogP contribution is 2.37. The molecule has 6 heteroatoms. The Morgan fingerprint density at radius 2 is 2.14 bits per heavy atom. The number of rotatable bonds is 4. The lowest BCUT2D eigenvalue weighted by molar-refractivity contribution is -0.133. The molecule has 1 aromatic heterocycles. The molecule has 0 radical (unpaired) electrons. The molecule has 0 saturated carbocycles. The highest BCUT2D eigenvalue weighted by Gasteiger charge is 2.37. The van der Waals surface area contributed by atoms with E-state index in [0.29, 0.717) is 18.9 Å². The summed E-state index contributed by atoms with van der Waals surface area (Å²) in [5.41, 5.74) is 5.64. The Bertz CT molecular complexity index is 920. The van der Waals surface area contributed by atoms with Crippen LogP contribution in [-0.4, -0.2) is 45.5 Å². The van der Waals surface area contributed by atoms with Crippen LogP contribution >= 0.6 is 0 Å². The first-order valence-corrected chi connectivity index (χ1v) is 10.6. The molecular weight excluding hydrogens is 366 g/mol. The number of methoxy groups -OCH3 is 1. The van der Waals surface area contributed by atoms with E-state index in [1.54, 1.807) is 7.11 Å². The topological polar surface area (TPSA) is 67.6 Å². The highest BCUT2D eigenvalue weighted by atomic mass is 16.5. The Hall–Kier alpha value is -2.34. The van der Waals surface area contributed by atoms with Crippen LogP contribution in [0.25, 0.3) is 0 Å². The molecule has 1 aliphatic carbocycles. The first-order valence-electron chi connectivity index (χ1n) is 10.6. The quantitative estimate of drug-likeness (QED) is 0.860. The third-order valence-corrected chi connectivity index (χ3v) is 6.68. The van der Waals surface area contributed by atoms with E-state index in [9.17, 15) is 9.90 Å². The number of amides is 1. The summed E-state index contributed by atoms with van der Waals surface area (Å²) >= 11 is 0. The summed E-state index contributed by atoms with van der Waals surface area (Å²) in [5, 5.41) is 15.1. The van der Waals surface area contributed by atoms with Crippen molar-refractivity contribution in [1.82, 2.24) is 14.7 Å². The minimum Gasteiger partial charge on any atom is -0.496 e. The van der Waals surface area contributed by atoms with Gasteiger partial charge in [0.25, 0.3) is 0 Å². The number of likely N-dealkylation sites (tertiary alicyclic amines) is 1. The Morgan fingerprint density at radius 1 is 1.34 bits per heavy atom. The normalized spacial score (nSPS) is 23.9. The van der Waals surface area contributed by atoms with Crippen molar-refractivity contribution in [2.75, 3.05) is 13.7 Å². The molecule has 0 spiro atoms. The monoisotopic (exact) mass is 397 g/mol. The number of benzene rings is 1. The number of ether oxygens (including phenoxy) is 1. The van der Waals surface area contributed by atoms with Gasteiger partial charge in [0.15, 0.2) is 0 Å². The summed E-state index contributed by atoms with van der Waals surface area (Å²) in [5.74, 6) is 1.26. The molecule has 0 bridgehead atoms. The molecule has 2 aromatic rings. The molecule has 2 heterocycles. The van der Waals surface area contributed by atoms with E-state index < -0.39 is 6.10 Å². The van der Waals surface area contributed by atoms with E-state index in [2.05, 4.69) is 13.8 Å². The van der Waals surface area contributed by atoms with E-state index in [4.69, 9.17) is 9.84 Å². The van der Waals surface area contributed by atoms with Crippen molar-refractivity contribution in [1.29, 1.82) is 0 Å². The summed E-state index contributed by atoms with van der Waals surface area (Å²) in [4.78, 5) is 15.1. The predicted molar refractivity (Wildman–Crippen MR) is 111 cm³/mol. The molecule has 2 aliphatic rings. The molecule has 0 unspecified atom stereocenters. The van der Waals surface area contributed by atoms with Gasteiger partial charge in [0.1, 0.15) is 12.3 Å². The Kier molecular flexibility index (Phi) is 5.38. The fraction of sp³-hybridized carbons (Fsp3) is 0.565. The molecule has 1 N–H and O–H groups in total. The second-order valence-corrected chi connectivity index (χ2v) is 8.53. The standard InChI is InChI=1S/C23H31N3O3/c1-14-7-5-9-19-16(3)26(24-23(14)19)13-22(28)25-12-17(27)11-20(25)18-8-6-10-21(29-4)15(18)2/h6,8,10,14,17,20,27H,5,7,9,11-13H2,1-4H3/t14-,17+,20-/m0/s1. The minimum atomic E-state index is -0.513. The van der Waals surface area contributed by atoms with Crippen LogP contribution in [0.5, 0.6) is 5.75 Å². The van der Waals surface area contributed by atoms with Crippen molar-refractivity contribution in [3.63, 3.8) is 0 Å². The molecule has 3 atom stereocenters. The molecule has 1 amide bonds. The van der Waals surface area contributed by atoms with E-state index in [1.165, 1.54) is 12.0 Å². The van der Waals surface area contributed by atoms with Gasteiger partial charge in [-0.05, 0) is 62.3 Å². The third-order valence-electron chi connectivity index (χ3n) is 6.68. The van der Waals surface area contributed by atoms with E-state index in [-0.39, 0.29) is 18.5 Å². The van der Waals surface area contributed by atoms with E-state index in [1.807, 2.05) is 34.7 Å². The van der Waals surface area contributed by atoms with E-state index in [0.717, 1.165) is 41.1 Å². The summed E-state index contributed by atoms with van der Waals surface area (Å²) in [7, 11) is 1.65. The van der Waals surface area contributed by atoms with Gasteiger partial charge in [-0.2, -0.15) is 5.10 Å². The Morgan fingerprint density at radius 3 is 2.86 bits per heavy atom. The number of carbonyl (C=O) groups excluding carboxylic acids is 1. The lowest BCUT2D eigenvalue weighted by Crippen LogP contribution is -2.35. The first kappa shape index (κ1) is 20.0. The van der Waals surface area contributed by atoms with Crippen LogP contribution < -0.4 is 4.74 Å². The molecular formula is C23H31N3O3. The minimum absolute atomic E-state index is 0.00405. The predicted octanol–water partition coefficient (Wildman–Crippen LogP) is 3.28. The molecule has 29 heavy (non-hydrogen) atoms. The van der Waals surface area contributed by atoms with Crippen LogP contribution in [0.15, 0.2) is 18.2 Å². The van der Waals surface area contributed by atoms with Gasteiger partial charge in [0, 0.05) is 18.2 Å². The number of aliphatic hydroxyl groups excluding tert-OH is 1. The fourth-order valence-corrected chi connectivity index (χ4v) is 5.00.